The maximum Gasteiger partial charge on any atom is 0.0723 e. The first kappa shape index (κ1) is 10.3. The molecule has 72 valence electrons. The Kier molecular flexibility index (Phi) is 4.64. The van der Waals surface area contributed by atoms with E-state index in [1.165, 1.54) is 12.0 Å². The van der Waals surface area contributed by atoms with Crippen LogP contribution in [-0.4, -0.2) is 11.2 Å². The second-order valence-corrected chi connectivity index (χ2v) is 3.56. The first-order valence-electron chi connectivity index (χ1n) is 5.10. The van der Waals surface area contributed by atoms with Crippen LogP contribution in [-0.2, 0) is 0 Å². The van der Waals surface area contributed by atoms with E-state index >= 15 is 0 Å². The van der Waals surface area contributed by atoms with Crippen molar-refractivity contribution in [2.75, 3.05) is 0 Å². The molecule has 0 spiro atoms. The molecule has 1 unspecified atom stereocenters. The third-order valence-electron chi connectivity index (χ3n) is 2.42. The Morgan fingerprint density at radius 2 is 2.38 bits per heavy atom. The summed E-state index contributed by atoms with van der Waals surface area (Å²) in [5, 5.41) is 9.50. The van der Waals surface area contributed by atoms with Crippen LogP contribution in [0, 0.1) is 11.8 Å². The Hall–Kier alpha value is -0.740. The fourth-order valence-corrected chi connectivity index (χ4v) is 1.70. The molecule has 1 aliphatic carbocycles. The molecule has 1 N–H and O–H groups in total. The fourth-order valence-electron chi connectivity index (χ4n) is 1.70. The standard InChI is InChI=1S/C12H18O/c1-2-3-4-7-11-8-5-6-9-12(13)10-11/h10,12-13H,4-9H2,1H3. The van der Waals surface area contributed by atoms with Crippen molar-refractivity contribution in [1.29, 1.82) is 0 Å². The Balaban J connectivity index is 2.39. The van der Waals surface area contributed by atoms with E-state index < -0.39 is 0 Å². The lowest BCUT2D eigenvalue weighted by Crippen LogP contribution is -2.00. The van der Waals surface area contributed by atoms with E-state index in [4.69, 9.17) is 0 Å². The molecule has 1 heteroatoms. The van der Waals surface area contributed by atoms with Gasteiger partial charge in [-0.2, -0.15) is 0 Å². The maximum absolute atomic E-state index is 9.50. The van der Waals surface area contributed by atoms with Crippen LogP contribution in [0.2, 0.25) is 0 Å². The second-order valence-electron chi connectivity index (χ2n) is 3.56. The number of allylic oxidation sites excluding steroid dienone is 1. The van der Waals surface area contributed by atoms with Gasteiger partial charge in [-0.15, -0.1) is 11.8 Å². The highest BCUT2D eigenvalue weighted by molar-refractivity contribution is 5.09. The van der Waals surface area contributed by atoms with Crippen molar-refractivity contribution in [3.8, 4) is 11.8 Å². The van der Waals surface area contributed by atoms with Gasteiger partial charge in [0.1, 0.15) is 0 Å². The summed E-state index contributed by atoms with van der Waals surface area (Å²) in [6, 6.07) is 0. The zero-order chi connectivity index (χ0) is 9.52. The lowest BCUT2D eigenvalue weighted by molar-refractivity contribution is 0.211. The summed E-state index contributed by atoms with van der Waals surface area (Å²) in [6.45, 7) is 1.87. The van der Waals surface area contributed by atoms with Gasteiger partial charge in [-0.25, -0.2) is 0 Å². The first-order valence-corrected chi connectivity index (χ1v) is 5.10. The molecule has 0 aromatic heterocycles. The molecular weight excluding hydrogens is 160 g/mol. The molecule has 0 saturated carbocycles. The van der Waals surface area contributed by atoms with Crippen molar-refractivity contribution in [1.82, 2.24) is 0 Å². The summed E-state index contributed by atoms with van der Waals surface area (Å²) < 4.78 is 0. The molecule has 1 aliphatic rings. The quantitative estimate of drug-likeness (QED) is 0.509. The van der Waals surface area contributed by atoms with Crippen molar-refractivity contribution < 1.29 is 5.11 Å². The Morgan fingerprint density at radius 3 is 3.15 bits per heavy atom. The minimum absolute atomic E-state index is 0.202. The van der Waals surface area contributed by atoms with E-state index in [2.05, 4.69) is 11.8 Å². The number of aliphatic hydroxyl groups is 1. The lowest BCUT2D eigenvalue weighted by Gasteiger charge is -2.03. The molecule has 1 nitrogen and oxygen atoms in total. The van der Waals surface area contributed by atoms with Crippen LogP contribution in [0.1, 0.15) is 45.4 Å². The molecule has 0 amide bonds. The summed E-state index contributed by atoms with van der Waals surface area (Å²) in [5.41, 5.74) is 1.40. The van der Waals surface area contributed by atoms with E-state index in [9.17, 15) is 5.11 Å². The molecule has 0 heterocycles. The predicted molar refractivity (Wildman–Crippen MR) is 55.2 cm³/mol. The summed E-state index contributed by atoms with van der Waals surface area (Å²) in [5.74, 6) is 5.95. The second kappa shape index (κ2) is 5.83. The van der Waals surface area contributed by atoms with Gasteiger partial charge in [0.15, 0.2) is 0 Å². The van der Waals surface area contributed by atoms with Crippen LogP contribution in [0.3, 0.4) is 0 Å². The third kappa shape index (κ3) is 4.15. The summed E-state index contributed by atoms with van der Waals surface area (Å²) >= 11 is 0. The minimum Gasteiger partial charge on any atom is -0.389 e. The van der Waals surface area contributed by atoms with Crippen molar-refractivity contribution in [2.45, 2.75) is 51.6 Å². The van der Waals surface area contributed by atoms with Gasteiger partial charge in [-0.05, 0) is 32.6 Å². The minimum atomic E-state index is -0.202. The Morgan fingerprint density at radius 1 is 1.54 bits per heavy atom. The molecule has 13 heavy (non-hydrogen) atoms. The monoisotopic (exact) mass is 178 g/mol. The fraction of sp³-hybridized carbons (Fsp3) is 0.667. The van der Waals surface area contributed by atoms with Gasteiger partial charge in [0, 0.05) is 6.42 Å². The van der Waals surface area contributed by atoms with E-state index in [0.717, 1.165) is 32.1 Å². The van der Waals surface area contributed by atoms with Crippen LogP contribution in [0.4, 0.5) is 0 Å². The number of hydrogen-bond acceptors (Lipinski definition) is 1. The maximum atomic E-state index is 9.50. The van der Waals surface area contributed by atoms with Gasteiger partial charge >= 0.3 is 0 Å². The van der Waals surface area contributed by atoms with Gasteiger partial charge in [0.25, 0.3) is 0 Å². The van der Waals surface area contributed by atoms with Crippen molar-refractivity contribution in [3.63, 3.8) is 0 Å². The van der Waals surface area contributed by atoms with Gasteiger partial charge in [0.2, 0.25) is 0 Å². The van der Waals surface area contributed by atoms with Crippen LogP contribution in [0.5, 0.6) is 0 Å². The summed E-state index contributed by atoms with van der Waals surface area (Å²) in [7, 11) is 0. The number of hydrogen-bond donors (Lipinski definition) is 1. The molecule has 0 aliphatic heterocycles. The van der Waals surface area contributed by atoms with Crippen molar-refractivity contribution in [3.05, 3.63) is 11.6 Å². The van der Waals surface area contributed by atoms with Gasteiger partial charge in [-0.1, -0.05) is 18.1 Å². The molecule has 0 fully saturated rings. The third-order valence-corrected chi connectivity index (χ3v) is 2.42. The molecule has 0 bridgehead atoms. The highest BCUT2D eigenvalue weighted by atomic mass is 16.3. The van der Waals surface area contributed by atoms with E-state index in [0.29, 0.717) is 0 Å². The molecule has 0 radical (unpaired) electrons. The average molecular weight is 178 g/mol. The van der Waals surface area contributed by atoms with Gasteiger partial charge in [0.05, 0.1) is 6.10 Å². The average Bonchev–Trinajstić information content (AvgIpc) is 2.31. The normalized spacial score (nSPS) is 22.6. The smallest absolute Gasteiger partial charge is 0.0723 e. The van der Waals surface area contributed by atoms with Crippen LogP contribution in [0.25, 0.3) is 0 Å². The highest BCUT2D eigenvalue weighted by Gasteiger charge is 2.08. The Labute approximate surface area is 80.9 Å². The van der Waals surface area contributed by atoms with Crippen molar-refractivity contribution >= 4 is 0 Å². The topological polar surface area (TPSA) is 20.2 Å². The largest absolute Gasteiger partial charge is 0.389 e. The lowest BCUT2D eigenvalue weighted by atomic mass is 10.1. The van der Waals surface area contributed by atoms with Crippen molar-refractivity contribution in [2.24, 2.45) is 0 Å². The highest BCUT2D eigenvalue weighted by Crippen LogP contribution is 2.20. The van der Waals surface area contributed by atoms with E-state index in [1.54, 1.807) is 0 Å². The van der Waals surface area contributed by atoms with Crippen LogP contribution >= 0.6 is 0 Å². The SMILES string of the molecule is CC#CCCC1=CC(O)CCCC1. The van der Waals surface area contributed by atoms with Crippen LogP contribution in [0.15, 0.2) is 11.6 Å². The zero-order valence-electron chi connectivity index (χ0n) is 8.34. The zero-order valence-corrected chi connectivity index (χ0v) is 8.34. The molecule has 0 aromatic rings. The number of rotatable bonds is 2. The summed E-state index contributed by atoms with van der Waals surface area (Å²) in [6.07, 6.45) is 8.28. The molecule has 1 atom stereocenters. The summed E-state index contributed by atoms with van der Waals surface area (Å²) in [4.78, 5) is 0. The van der Waals surface area contributed by atoms with Gasteiger partial charge in [-0.3, -0.25) is 0 Å². The molecule has 1 rings (SSSR count). The predicted octanol–water partition coefficient (Wildman–Crippen LogP) is 2.65. The number of aliphatic hydroxyl groups excluding tert-OH is 1. The Bertz CT molecular complexity index is 229. The van der Waals surface area contributed by atoms with Crippen LogP contribution < -0.4 is 0 Å². The van der Waals surface area contributed by atoms with E-state index in [-0.39, 0.29) is 6.10 Å². The molecular formula is C12H18O. The molecule has 0 saturated heterocycles. The molecule has 0 aromatic carbocycles. The first-order chi connectivity index (χ1) is 6.33. The van der Waals surface area contributed by atoms with Gasteiger partial charge < -0.3 is 5.11 Å². The van der Waals surface area contributed by atoms with E-state index in [1.807, 2.05) is 13.0 Å².